The summed E-state index contributed by atoms with van der Waals surface area (Å²) in [5.41, 5.74) is 1.64. The van der Waals surface area contributed by atoms with Crippen molar-refractivity contribution in [2.75, 3.05) is 23.9 Å². The summed E-state index contributed by atoms with van der Waals surface area (Å²) in [6, 6.07) is 0. The Labute approximate surface area is 104 Å². The summed E-state index contributed by atoms with van der Waals surface area (Å²) < 4.78 is 0. The van der Waals surface area contributed by atoms with E-state index in [2.05, 4.69) is 24.8 Å². The number of H-pyrrole nitrogens is 1. The molecule has 2 aromatic heterocycles. The molecule has 1 unspecified atom stereocenters. The molecule has 0 amide bonds. The van der Waals surface area contributed by atoms with Crippen LogP contribution < -0.4 is 4.90 Å². The molecule has 0 saturated carbocycles. The molecule has 0 aliphatic carbocycles. The topological polar surface area (TPSA) is 57.7 Å². The molecule has 90 valence electrons. The molecule has 1 aliphatic rings. The standard InChI is InChI=1S/C11H14ClN5/c12-4-8-2-1-3-17(5-8)11-9-10(14-6-13-9)15-7-16-11/h6-8H,1-5H2,(H,13,14,15,16). The van der Waals surface area contributed by atoms with Gasteiger partial charge < -0.3 is 9.88 Å². The Kier molecular flexibility index (Phi) is 2.84. The van der Waals surface area contributed by atoms with Crippen molar-refractivity contribution in [3.8, 4) is 0 Å². The molecule has 1 fully saturated rings. The first kappa shape index (κ1) is 10.8. The van der Waals surface area contributed by atoms with Gasteiger partial charge in [-0.05, 0) is 18.8 Å². The number of anilines is 1. The summed E-state index contributed by atoms with van der Waals surface area (Å²) in [4.78, 5) is 18.0. The zero-order valence-electron chi connectivity index (χ0n) is 9.43. The van der Waals surface area contributed by atoms with E-state index in [4.69, 9.17) is 11.6 Å². The Hall–Kier alpha value is -1.36. The minimum absolute atomic E-state index is 0.554. The second-order valence-electron chi connectivity index (χ2n) is 4.41. The Balaban J connectivity index is 1.94. The summed E-state index contributed by atoms with van der Waals surface area (Å²) >= 11 is 5.95. The molecule has 1 saturated heterocycles. The van der Waals surface area contributed by atoms with Crippen molar-refractivity contribution in [3.05, 3.63) is 12.7 Å². The molecular formula is C11H14ClN5. The Morgan fingerprint density at radius 3 is 3.24 bits per heavy atom. The fourth-order valence-corrected chi connectivity index (χ4v) is 2.63. The van der Waals surface area contributed by atoms with Gasteiger partial charge in [0, 0.05) is 19.0 Å². The van der Waals surface area contributed by atoms with Crippen LogP contribution in [-0.2, 0) is 0 Å². The minimum Gasteiger partial charge on any atom is -0.354 e. The van der Waals surface area contributed by atoms with E-state index in [1.54, 1.807) is 12.7 Å². The first-order valence-corrected chi connectivity index (χ1v) is 6.37. The molecule has 0 bridgehead atoms. The largest absolute Gasteiger partial charge is 0.354 e. The number of nitrogens with one attached hydrogen (secondary N) is 1. The van der Waals surface area contributed by atoms with E-state index in [1.807, 2.05) is 0 Å². The number of aromatic amines is 1. The molecule has 0 radical (unpaired) electrons. The third-order valence-corrected chi connectivity index (χ3v) is 3.68. The minimum atomic E-state index is 0.554. The lowest BCUT2D eigenvalue weighted by molar-refractivity contribution is 0.449. The van der Waals surface area contributed by atoms with Gasteiger partial charge in [-0.2, -0.15) is 0 Å². The molecule has 0 aromatic carbocycles. The van der Waals surface area contributed by atoms with Gasteiger partial charge >= 0.3 is 0 Å². The second-order valence-corrected chi connectivity index (χ2v) is 4.72. The maximum Gasteiger partial charge on any atom is 0.182 e. The fourth-order valence-electron chi connectivity index (χ4n) is 2.38. The summed E-state index contributed by atoms with van der Waals surface area (Å²) in [6.45, 7) is 1.99. The molecule has 3 rings (SSSR count). The van der Waals surface area contributed by atoms with Gasteiger partial charge in [-0.15, -0.1) is 11.6 Å². The predicted molar refractivity (Wildman–Crippen MR) is 67.3 cm³/mol. The van der Waals surface area contributed by atoms with Crippen LogP contribution in [-0.4, -0.2) is 38.9 Å². The van der Waals surface area contributed by atoms with Crippen molar-refractivity contribution >= 4 is 28.6 Å². The molecule has 3 heterocycles. The molecule has 2 aromatic rings. The van der Waals surface area contributed by atoms with Crippen molar-refractivity contribution in [1.82, 2.24) is 19.9 Å². The molecule has 17 heavy (non-hydrogen) atoms. The summed E-state index contributed by atoms with van der Waals surface area (Å²) in [6.07, 6.45) is 5.60. The van der Waals surface area contributed by atoms with Crippen molar-refractivity contribution in [3.63, 3.8) is 0 Å². The van der Waals surface area contributed by atoms with Crippen LogP contribution >= 0.6 is 11.6 Å². The third-order valence-electron chi connectivity index (χ3n) is 3.24. The third kappa shape index (κ3) is 1.95. The number of aromatic nitrogens is 4. The molecule has 1 N–H and O–H groups in total. The summed E-state index contributed by atoms with van der Waals surface area (Å²) in [5.74, 6) is 2.22. The van der Waals surface area contributed by atoms with Crippen LogP contribution in [0.4, 0.5) is 5.82 Å². The highest BCUT2D eigenvalue weighted by Gasteiger charge is 2.22. The van der Waals surface area contributed by atoms with Gasteiger partial charge in [-0.25, -0.2) is 15.0 Å². The number of nitrogens with zero attached hydrogens (tertiary/aromatic N) is 4. The zero-order chi connectivity index (χ0) is 11.7. The number of hydrogen-bond acceptors (Lipinski definition) is 4. The van der Waals surface area contributed by atoms with Crippen LogP contribution in [0.3, 0.4) is 0 Å². The normalized spacial score (nSPS) is 21.0. The van der Waals surface area contributed by atoms with Crippen molar-refractivity contribution < 1.29 is 0 Å². The Bertz CT molecular complexity index is 511. The first-order chi connectivity index (χ1) is 8.38. The van der Waals surface area contributed by atoms with Crippen molar-refractivity contribution in [2.24, 2.45) is 5.92 Å². The summed E-state index contributed by atoms with van der Waals surface area (Å²) in [5, 5.41) is 0. The molecule has 1 atom stereocenters. The highest BCUT2D eigenvalue weighted by molar-refractivity contribution is 6.18. The van der Waals surface area contributed by atoms with Gasteiger partial charge in [0.05, 0.1) is 6.33 Å². The highest BCUT2D eigenvalue weighted by Crippen LogP contribution is 2.25. The van der Waals surface area contributed by atoms with Crippen LogP contribution in [0.1, 0.15) is 12.8 Å². The van der Waals surface area contributed by atoms with Gasteiger partial charge in [0.1, 0.15) is 11.8 Å². The van der Waals surface area contributed by atoms with Crippen molar-refractivity contribution in [1.29, 1.82) is 0 Å². The molecule has 5 nitrogen and oxygen atoms in total. The first-order valence-electron chi connectivity index (χ1n) is 5.83. The lowest BCUT2D eigenvalue weighted by Gasteiger charge is -2.32. The highest BCUT2D eigenvalue weighted by atomic mass is 35.5. The van der Waals surface area contributed by atoms with Crippen LogP contribution in [0.25, 0.3) is 11.2 Å². The van der Waals surface area contributed by atoms with E-state index >= 15 is 0 Å². The van der Waals surface area contributed by atoms with E-state index in [0.717, 1.165) is 36.5 Å². The van der Waals surface area contributed by atoms with E-state index in [-0.39, 0.29) is 0 Å². The van der Waals surface area contributed by atoms with E-state index in [9.17, 15) is 0 Å². The molecule has 1 aliphatic heterocycles. The predicted octanol–water partition coefficient (Wildman–Crippen LogP) is 1.81. The van der Waals surface area contributed by atoms with E-state index in [0.29, 0.717) is 11.8 Å². The second kappa shape index (κ2) is 4.49. The summed E-state index contributed by atoms with van der Waals surface area (Å²) in [7, 11) is 0. The van der Waals surface area contributed by atoms with Gasteiger partial charge in [-0.1, -0.05) is 0 Å². The number of fused-ring (bicyclic) bond motifs is 1. The number of halogens is 1. The van der Waals surface area contributed by atoms with Gasteiger partial charge in [0.15, 0.2) is 11.5 Å². The molecular weight excluding hydrogens is 238 g/mol. The van der Waals surface area contributed by atoms with Crippen molar-refractivity contribution in [2.45, 2.75) is 12.8 Å². The van der Waals surface area contributed by atoms with Crippen LogP contribution in [0.2, 0.25) is 0 Å². The van der Waals surface area contributed by atoms with Crippen LogP contribution in [0, 0.1) is 5.92 Å². The maximum absolute atomic E-state index is 5.95. The van der Waals surface area contributed by atoms with E-state index in [1.165, 1.54) is 6.42 Å². The smallest absolute Gasteiger partial charge is 0.182 e. The number of alkyl halides is 1. The Morgan fingerprint density at radius 1 is 1.41 bits per heavy atom. The molecule has 0 spiro atoms. The number of hydrogen-bond donors (Lipinski definition) is 1. The average molecular weight is 252 g/mol. The fraction of sp³-hybridized carbons (Fsp3) is 0.545. The van der Waals surface area contributed by atoms with Gasteiger partial charge in [-0.3, -0.25) is 0 Å². The lowest BCUT2D eigenvalue weighted by Crippen LogP contribution is -2.36. The lowest BCUT2D eigenvalue weighted by atomic mass is 10.0. The van der Waals surface area contributed by atoms with Gasteiger partial charge in [0.2, 0.25) is 0 Å². The SMILES string of the molecule is ClCC1CCCN(c2ncnc3nc[nH]c23)C1. The number of rotatable bonds is 2. The van der Waals surface area contributed by atoms with Crippen LogP contribution in [0.5, 0.6) is 0 Å². The number of imidazole rings is 1. The quantitative estimate of drug-likeness (QED) is 0.827. The maximum atomic E-state index is 5.95. The number of piperidine rings is 1. The molecule has 6 heteroatoms. The van der Waals surface area contributed by atoms with Gasteiger partial charge in [0.25, 0.3) is 0 Å². The van der Waals surface area contributed by atoms with E-state index < -0.39 is 0 Å². The Morgan fingerprint density at radius 2 is 2.35 bits per heavy atom. The van der Waals surface area contributed by atoms with Crippen LogP contribution in [0.15, 0.2) is 12.7 Å². The monoisotopic (exact) mass is 251 g/mol. The zero-order valence-corrected chi connectivity index (χ0v) is 10.2. The average Bonchev–Trinajstić information content (AvgIpc) is 2.87.